The molecule has 0 aliphatic carbocycles. The lowest BCUT2D eigenvalue weighted by Gasteiger charge is -2.15. The summed E-state index contributed by atoms with van der Waals surface area (Å²) in [5.41, 5.74) is 5.33. The second kappa shape index (κ2) is 8.72. The van der Waals surface area contributed by atoms with Crippen molar-refractivity contribution in [1.29, 1.82) is 0 Å². The number of ether oxygens (including phenoxy) is 1. The summed E-state index contributed by atoms with van der Waals surface area (Å²) in [7, 11) is 1.66. The lowest BCUT2D eigenvalue weighted by atomic mass is 10.1. The highest BCUT2D eigenvalue weighted by Crippen LogP contribution is 2.25. The largest absolute Gasteiger partial charge is 0.496 e. The summed E-state index contributed by atoms with van der Waals surface area (Å²) in [6, 6.07) is 15.4. The number of aliphatic imine (C=N–C) groups is 1. The van der Waals surface area contributed by atoms with Gasteiger partial charge in [0.2, 0.25) is 0 Å². The predicted octanol–water partition coefficient (Wildman–Crippen LogP) is 5.89. The average molecular weight is 392 g/mol. The van der Waals surface area contributed by atoms with Crippen molar-refractivity contribution < 1.29 is 4.74 Å². The minimum atomic E-state index is 0.606. The van der Waals surface area contributed by atoms with E-state index < -0.39 is 0 Å². The quantitative estimate of drug-likeness (QED) is 0.435. The molecule has 3 aromatic rings. The number of hydrogen-bond acceptors (Lipinski definition) is 3. The van der Waals surface area contributed by atoms with E-state index in [0.29, 0.717) is 16.6 Å². The first-order valence-electron chi connectivity index (χ1n) is 8.84. The fraction of sp³-hybridized carbons (Fsp3) is 0.130. The van der Waals surface area contributed by atoms with Gasteiger partial charge in [-0.1, -0.05) is 30.3 Å². The zero-order chi connectivity index (χ0) is 20.1. The highest BCUT2D eigenvalue weighted by atomic mass is 35.5. The average Bonchev–Trinajstić information content (AvgIpc) is 2.71. The van der Waals surface area contributed by atoms with Crippen molar-refractivity contribution in [2.75, 3.05) is 12.4 Å². The van der Waals surface area contributed by atoms with Crippen LogP contribution < -0.4 is 10.1 Å². The van der Waals surface area contributed by atoms with E-state index in [2.05, 4.69) is 16.9 Å². The van der Waals surface area contributed by atoms with Crippen LogP contribution in [0.25, 0.3) is 5.70 Å². The number of methoxy groups -OCH3 is 1. The Labute approximate surface area is 170 Å². The third kappa shape index (κ3) is 4.59. The molecule has 2 aromatic carbocycles. The Morgan fingerprint density at radius 3 is 2.61 bits per heavy atom. The summed E-state index contributed by atoms with van der Waals surface area (Å²) >= 11 is 6.25. The van der Waals surface area contributed by atoms with Crippen molar-refractivity contribution in [3.63, 3.8) is 0 Å². The van der Waals surface area contributed by atoms with Crippen LogP contribution in [0.5, 0.6) is 5.75 Å². The summed E-state index contributed by atoms with van der Waals surface area (Å²) in [4.78, 5) is 8.91. The molecule has 4 nitrogen and oxygen atoms in total. The van der Waals surface area contributed by atoms with Gasteiger partial charge in [-0.2, -0.15) is 0 Å². The molecule has 142 valence electrons. The van der Waals surface area contributed by atoms with Crippen LogP contribution in [0.4, 0.5) is 5.69 Å². The number of nitrogens with zero attached hydrogens (tertiary/aromatic N) is 2. The summed E-state index contributed by atoms with van der Waals surface area (Å²) in [5, 5.41) is 4.04. The second-order valence-corrected chi connectivity index (χ2v) is 6.85. The van der Waals surface area contributed by atoms with Crippen LogP contribution >= 0.6 is 11.6 Å². The van der Waals surface area contributed by atoms with Gasteiger partial charge >= 0.3 is 0 Å². The molecule has 0 aliphatic heterocycles. The topological polar surface area (TPSA) is 46.5 Å². The summed E-state index contributed by atoms with van der Waals surface area (Å²) < 4.78 is 5.44. The van der Waals surface area contributed by atoms with Crippen LogP contribution in [-0.4, -0.2) is 17.9 Å². The summed E-state index contributed by atoms with van der Waals surface area (Å²) in [6.07, 6.45) is 3.46. The van der Waals surface area contributed by atoms with E-state index in [4.69, 9.17) is 21.3 Å². The van der Waals surface area contributed by atoms with Gasteiger partial charge < -0.3 is 10.1 Å². The summed E-state index contributed by atoms with van der Waals surface area (Å²) in [6.45, 7) is 8.13. The maximum absolute atomic E-state index is 6.25. The Morgan fingerprint density at radius 2 is 1.89 bits per heavy atom. The van der Waals surface area contributed by atoms with Gasteiger partial charge in [0.1, 0.15) is 11.6 Å². The first-order valence-corrected chi connectivity index (χ1v) is 9.22. The number of rotatable bonds is 5. The SMILES string of the molecule is C=C(N=C(Nc1ccc(C)c(OC)c1)c1cc(Cl)ccc1C)c1cccnc1. The Bertz CT molecular complexity index is 1030. The number of halogens is 1. The lowest BCUT2D eigenvalue weighted by Crippen LogP contribution is -2.15. The number of amidine groups is 1. The second-order valence-electron chi connectivity index (χ2n) is 6.42. The number of nitrogens with one attached hydrogen (secondary N) is 1. The normalized spacial score (nSPS) is 11.2. The molecule has 0 saturated carbocycles. The minimum Gasteiger partial charge on any atom is -0.496 e. The van der Waals surface area contributed by atoms with Gasteiger partial charge in [-0.3, -0.25) is 4.98 Å². The molecule has 1 N–H and O–H groups in total. The molecule has 0 aliphatic rings. The van der Waals surface area contributed by atoms with Gasteiger partial charge in [-0.05, 0) is 55.3 Å². The van der Waals surface area contributed by atoms with Crippen LogP contribution in [0.3, 0.4) is 0 Å². The van der Waals surface area contributed by atoms with Gasteiger partial charge in [0.05, 0.1) is 12.8 Å². The molecule has 0 amide bonds. The highest BCUT2D eigenvalue weighted by molar-refractivity contribution is 6.31. The third-order valence-corrected chi connectivity index (χ3v) is 4.60. The highest BCUT2D eigenvalue weighted by Gasteiger charge is 2.11. The standard InChI is InChI=1S/C23H22ClN3O/c1-15-7-9-19(24)12-21(15)23(26-17(3)18-6-5-11-25-14-18)27-20-10-8-16(2)22(13-20)28-4/h5-14H,3H2,1-2,4H3,(H,26,27). The molecular weight excluding hydrogens is 370 g/mol. The fourth-order valence-electron chi connectivity index (χ4n) is 2.77. The molecule has 3 rings (SSSR count). The molecule has 0 saturated heterocycles. The molecule has 1 aromatic heterocycles. The maximum Gasteiger partial charge on any atom is 0.138 e. The Balaban J connectivity index is 2.05. The molecule has 0 radical (unpaired) electrons. The number of anilines is 1. The first kappa shape index (κ1) is 19.6. The lowest BCUT2D eigenvalue weighted by molar-refractivity contribution is 0.412. The van der Waals surface area contributed by atoms with Gasteiger partial charge in [0, 0.05) is 40.3 Å². The zero-order valence-electron chi connectivity index (χ0n) is 16.2. The number of hydrogen-bond donors (Lipinski definition) is 1. The minimum absolute atomic E-state index is 0.606. The monoisotopic (exact) mass is 391 g/mol. The number of aromatic nitrogens is 1. The van der Waals surface area contributed by atoms with Crippen LogP contribution in [0.2, 0.25) is 5.02 Å². The number of benzene rings is 2. The third-order valence-electron chi connectivity index (χ3n) is 4.37. The first-order chi connectivity index (χ1) is 13.5. The van der Waals surface area contributed by atoms with E-state index in [-0.39, 0.29) is 0 Å². The fourth-order valence-corrected chi connectivity index (χ4v) is 2.94. The van der Waals surface area contributed by atoms with E-state index >= 15 is 0 Å². The van der Waals surface area contributed by atoms with Crippen molar-refractivity contribution in [3.8, 4) is 5.75 Å². The molecule has 0 spiro atoms. The van der Waals surface area contributed by atoms with Crippen molar-refractivity contribution in [3.05, 3.63) is 94.8 Å². The Morgan fingerprint density at radius 1 is 1.11 bits per heavy atom. The molecular formula is C23H22ClN3O. The zero-order valence-corrected chi connectivity index (χ0v) is 16.9. The molecule has 28 heavy (non-hydrogen) atoms. The van der Waals surface area contributed by atoms with Crippen LogP contribution in [0, 0.1) is 13.8 Å². The van der Waals surface area contributed by atoms with Crippen molar-refractivity contribution in [2.45, 2.75) is 13.8 Å². The maximum atomic E-state index is 6.25. The Hall–Kier alpha value is -3.11. The molecule has 1 heterocycles. The summed E-state index contributed by atoms with van der Waals surface area (Å²) in [5.74, 6) is 1.46. The number of pyridine rings is 1. The molecule has 0 fully saturated rings. The van der Waals surface area contributed by atoms with Crippen LogP contribution in [0.15, 0.2) is 72.5 Å². The van der Waals surface area contributed by atoms with Gasteiger partial charge in [-0.25, -0.2) is 4.99 Å². The van der Waals surface area contributed by atoms with Crippen LogP contribution in [-0.2, 0) is 0 Å². The number of aryl methyl sites for hydroxylation is 2. The van der Waals surface area contributed by atoms with E-state index in [1.54, 1.807) is 19.5 Å². The molecule has 0 atom stereocenters. The van der Waals surface area contributed by atoms with Gasteiger partial charge in [0.25, 0.3) is 0 Å². The van der Waals surface area contributed by atoms with E-state index in [9.17, 15) is 0 Å². The van der Waals surface area contributed by atoms with Gasteiger partial charge in [0.15, 0.2) is 0 Å². The van der Waals surface area contributed by atoms with Crippen molar-refractivity contribution >= 4 is 28.8 Å². The van der Waals surface area contributed by atoms with Crippen molar-refractivity contribution in [2.24, 2.45) is 4.99 Å². The van der Waals surface area contributed by atoms with Crippen LogP contribution in [0.1, 0.15) is 22.3 Å². The smallest absolute Gasteiger partial charge is 0.138 e. The molecule has 0 unspecified atom stereocenters. The van der Waals surface area contributed by atoms with Gasteiger partial charge in [-0.15, -0.1) is 0 Å². The van der Waals surface area contributed by atoms with E-state index in [0.717, 1.165) is 33.7 Å². The van der Waals surface area contributed by atoms with E-state index in [1.807, 2.05) is 62.4 Å². The Kier molecular flexibility index (Phi) is 6.12. The molecule has 5 heteroatoms. The van der Waals surface area contributed by atoms with Crippen molar-refractivity contribution in [1.82, 2.24) is 4.98 Å². The molecule has 0 bridgehead atoms. The predicted molar refractivity (Wildman–Crippen MR) is 117 cm³/mol. The van der Waals surface area contributed by atoms with E-state index in [1.165, 1.54) is 0 Å².